The molecule has 1 N–H and O–H groups in total. The average molecular weight is 253 g/mol. The first-order valence-electron chi connectivity index (χ1n) is 6.20. The predicted octanol–water partition coefficient (Wildman–Crippen LogP) is 3.64. The zero-order valence-corrected chi connectivity index (χ0v) is 10.7. The normalized spacial score (nSPS) is 12.3. The fourth-order valence-corrected chi connectivity index (χ4v) is 2.06. The highest BCUT2D eigenvalue weighted by Crippen LogP contribution is 2.25. The molecule has 0 aliphatic heterocycles. The molecule has 96 valence electrons. The minimum Gasteiger partial charge on any atom is -0.472 e. The van der Waals surface area contributed by atoms with Crippen LogP contribution in [0.1, 0.15) is 18.5 Å². The zero-order valence-electron chi connectivity index (χ0n) is 10.7. The van der Waals surface area contributed by atoms with E-state index in [0.717, 1.165) is 16.9 Å². The molecule has 0 bridgehead atoms. The van der Waals surface area contributed by atoms with Crippen molar-refractivity contribution in [3.63, 3.8) is 0 Å². The Hall–Kier alpha value is -2.49. The molecule has 1 aromatic carbocycles. The Kier molecular flexibility index (Phi) is 3.06. The summed E-state index contributed by atoms with van der Waals surface area (Å²) in [4.78, 5) is 4.09. The molecule has 0 fully saturated rings. The van der Waals surface area contributed by atoms with Gasteiger partial charge in [0.25, 0.3) is 0 Å². The first-order valence-corrected chi connectivity index (χ1v) is 6.20. The zero-order chi connectivity index (χ0) is 13.1. The molecule has 0 aliphatic carbocycles. The second-order valence-corrected chi connectivity index (χ2v) is 4.41. The van der Waals surface area contributed by atoms with E-state index in [9.17, 15) is 0 Å². The highest BCUT2D eigenvalue weighted by molar-refractivity contribution is 5.61. The monoisotopic (exact) mass is 253 g/mol. The summed E-state index contributed by atoms with van der Waals surface area (Å²) >= 11 is 0. The van der Waals surface area contributed by atoms with E-state index in [4.69, 9.17) is 4.42 Å². The Morgan fingerprint density at radius 1 is 1.26 bits per heavy atom. The Labute approximate surface area is 111 Å². The fourth-order valence-electron chi connectivity index (χ4n) is 2.06. The molecule has 0 radical (unpaired) electrons. The summed E-state index contributed by atoms with van der Waals surface area (Å²) < 4.78 is 7.11. The van der Waals surface area contributed by atoms with Crippen LogP contribution in [0.25, 0.3) is 5.69 Å². The molecule has 0 amide bonds. The molecule has 4 nitrogen and oxygen atoms in total. The van der Waals surface area contributed by atoms with Crippen LogP contribution in [0.3, 0.4) is 0 Å². The van der Waals surface area contributed by atoms with Gasteiger partial charge in [-0.25, -0.2) is 4.98 Å². The van der Waals surface area contributed by atoms with Crippen LogP contribution in [0.5, 0.6) is 0 Å². The van der Waals surface area contributed by atoms with Crippen LogP contribution in [0.2, 0.25) is 0 Å². The number of nitrogens with zero attached hydrogens (tertiary/aromatic N) is 2. The molecule has 4 heteroatoms. The first kappa shape index (κ1) is 11.6. The van der Waals surface area contributed by atoms with Gasteiger partial charge in [-0.1, -0.05) is 12.1 Å². The van der Waals surface area contributed by atoms with E-state index in [1.54, 1.807) is 25.1 Å². The number of furan rings is 1. The number of rotatable bonds is 4. The number of hydrogen-bond acceptors (Lipinski definition) is 3. The van der Waals surface area contributed by atoms with Gasteiger partial charge in [0.1, 0.15) is 0 Å². The van der Waals surface area contributed by atoms with Gasteiger partial charge >= 0.3 is 0 Å². The maximum Gasteiger partial charge on any atom is 0.0992 e. The second-order valence-electron chi connectivity index (χ2n) is 4.41. The molecule has 3 rings (SSSR count). The Balaban J connectivity index is 1.89. The SMILES string of the molecule is CC(Nc1ccccc1-n1ccnc1)c1ccoc1. The van der Waals surface area contributed by atoms with Gasteiger partial charge in [-0.2, -0.15) is 0 Å². The van der Waals surface area contributed by atoms with E-state index >= 15 is 0 Å². The second kappa shape index (κ2) is 5.02. The molecule has 3 aromatic rings. The van der Waals surface area contributed by atoms with E-state index in [1.165, 1.54) is 0 Å². The topological polar surface area (TPSA) is 43.0 Å². The number of anilines is 1. The highest BCUT2D eigenvalue weighted by atomic mass is 16.3. The molecule has 0 spiro atoms. The lowest BCUT2D eigenvalue weighted by atomic mass is 10.1. The van der Waals surface area contributed by atoms with Crippen molar-refractivity contribution in [1.82, 2.24) is 9.55 Å². The van der Waals surface area contributed by atoms with Crippen LogP contribution in [-0.2, 0) is 0 Å². The van der Waals surface area contributed by atoms with Gasteiger partial charge in [0, 0.05) is 18.0 Å². The lowest BCUT2D eigenvalue weighted by Crippen LogP contribution is -2.08. The quantitative estimate of drug-likeness (QED) is 0.772. The summed E-state index contributed by atoms with van der Waals surface area (Å²) in [5.74, 6) is 0. The van der Waals surface area contributed by atoms with Gasteiger partial charge in [0.2, 0.25) is 0 Å². The van der Waals surface area contributed by atoms with Crippen molar-refractivity contribution in [3.05, 3.63) is 67.1 Å². The number of imidazole rings is 1. The van der Waals surface area contributed by atoms with Gasteiger partial charge in [-0.3, -0.25) is 0 Å². The Morgan fingerprint density at radius 3 is 2.89 bits per heavy atom. The van der Waals surface area contributed by atoms with Gasteiger partial charge in [0.05, 0.1) is 36.3 Å². The fraction of sp³-hybridized carbons (Fsp3) is 0.133. The van der Waals surface area contributed by atoms with Crippen molar-refractivity contribution in [2.24, 2.45) is 0 Å². The van der Waals surface area contributed by atoms with Crippen LogP contribution in [0, 0.1) is 0 Å². The molecule has 2 heterocycles. The van der Waals surface area contributed by atoms with Gasteiger partial charge in [-0.15, -0.1) is 0 Å². The molecule has 1 unspecified atom stereocenters. The minimum atomic E-state index is 0.184. The van der Waals surface area contributed by atoms with Crippen molar-refractivity contribution in [2.45, 2.75) is 13.0 Å². The lowest BCUT2D eigenvalue weighted by Gasteiger charge is -2.17. The number of benzene rings is 1. The molecule has 0 aliphatic rings. The van der Waals surface area contributed by atoms with Gasteiger partial charge in [0.15, 0.2) is 0 Å². The smallest absolute Gasteiger partial charge is 0.0992 e. The summed E-state index contributed by atoms with van der Waals surface area (Å²) in [6, 6.07) is 10.3. The van der Waals surface area contributed by atoms with Crippen molar-refractivity contribution in [1.29, 1.82) is 0 Å². The summed E-state index contributed by atoms with van der Waals surface area (Å²) in [6.07, 6.45) is 8.95. The maximum absolute atomic E-state index is 5.12. The van der Waals surface area contributed by atoms with Crippen molar-refractivity contribution in [3.8, 4) is 5.69 Å². The standard InChI is InChI=1S/C15H15N3O/c1-12(13-6-9-19-10-13)17-14-4-2-3-5-15(14)18-8-7-16-11-18/h2-12,17H,1H3. The molecule has 0 saturated carbocycles. The van der Waals surface area contributed by atoms with Crippen molar-refractivity contribution in [2.75, 3.05) is 5.32 Å². The Bertz CT molecular complexity index is 629. The van der Waals surface area contributed by atoms with Crippen molar-refractivity contribution >= 4 is 5.69 Å². The third-order valence-electron chi connectivity index (χ3n) is 3.10. The van der Waals surface area contributed by atoms with E-state index < -0.39 is 0 Å². The summed E-state index contributed by atoms with van der Waals surface area (Å²) in [7, 11) is 0. The van der Waals surface area contributed by atoms with E-state index in [1.807, 2.05) is 29.0 Å². The number of aromatic nitrogens is 2. The highest BCUT2D eigenvalue weighted by Gasteiger charge is 2.09. The summed E-state index contributed by atoms with van der Waals surface area (Å²) in [5.41, 5.74) is 3.27. The van der Waals surface area contributed by atoms with Crippen LogP contribution in [-0.4, -0.2) is 9.55 Å². The van der Waals surface area contributed by atoms with Crippen LogP contribution >= 0.6 is 0 Å². The molecule has 2 aromatic heterocycles. The molecule has 19 heavy (non-hydrogen) atoms. The van der Waals surface area contributed by atoms with Gasteiger partial charge < -0.3 is 14.3 Å². The molecular weight excluding hydrogens is 238 g/mol. The van der Waals surface area contributed by atoms with Crippen LogP contribution in [0.4, 0.5) is 5.69 Å². The minimum absolute atomic E-state index is 0.184. The summed E-state index contributed by atoms with van der Waals surface area (Å²) in [5, 5.41) is 3.49. The molecule has 1 atom stereocenters. The van der Waals surface area contributed by atoms with E-state index in [2.05, 4.69) is 29.4 Å². The van der Waals surface area contributed by atoms with Crippen molar-refractivity contribution < 1.29 is 4.42 Å². The summed E-state index contributed by atoms with van der Waals surface area (Å²) in [6.45, 7) is 2.11. The van der Waals surface area contributed by atoms with E-state index in [0.29, 0.717) is 0 Å². The Morgan fingerprint density at radius 2 is 2.16 bits per heavy atom. The number of nitrogens with one attached hydrogen (secondary N) is 1. The largest absolute Gasteiger partial charge is 0.472 e. The average Bonchev–Trinajstić information content (AvgIpc) is 3.13. The lowest BCUT2D eigenvalue weighted by molar-refractivity contribution is 0.562. The van der Waals surface area contributed by atoms with Gasteiger partial charge in [-0.05, 0) is 25.1 Å². The maximum atomic E-state index is 5.12. The van der Waals surface area contributed by atoms with E-state index in [-0.39, 0.29) is 6.04 Å². The molecule has 0 saturated heterocycles. The predicted molar refractivity (Wildman–Crippen MR) is 74.3 cm³/mol. The third-order valence-corrected chi connectivity index (χ3v) is 3.10. The third kappa shape index (κ3) is 2.38. The number of hydrogen-bond donors (Lipinski definition) is 1. The number of para-hydroxylation sites is 2. The first-order chi connectivity index (χ1) is 9.34. The van der Waals surface area contributed by atoms with Crippen LogP contribution < -0.4 is 5.32 Å². The van der Waals surface area contributed by atoms with Crippen LogP contribution in [0.15, 0.2) is 66.0 Å². The molecular formula is C15H15N3O.